The molecule has 2 N–H and O–H groups in total. The first-order valence-corrected chi connectivity index (χ1v) is 9.57. The number of carbonyl (C=O) groups is 1. The molecule has 2 aromatic heterocycles. The van der Waals surface area contributed by atoms with E-state index in [-0.39, 0.29) is 11.3 Å². The molecule has 9 heteroatoms. The second kappa shape index (κ2) is 8.16. The van der Waals surface area contributed by atoms with Gasteiger partial charge in [-0.2, -0.15) is 15.1 Å². The van der Waals surface area contributed by atoms with Gasteiger partial charge in [-0.3, -0.25) is 10.1 Å². The largest absolute Gasteiger partial charge is 0.339 e. The van der Waals surface area contributed by atoms with Crippen LogP contribution in [-0.4, -0.2) is 43.9 Å². The van der Waals surface area contributed by atoms with Crippen molar-refractivity contribution in [3.63, 3.8) is 0 Å². The molecule has 0 unspecified atom stereocenters. The molecular weight excluding hydrogens is 346 g/mol. The molecule has 0 saturated carbocycles. The second-order valence-corrected chi connectivity index (χ2v) is 8.10. The van der Waals surface area contributed by atoms with Crippen LogP contribution < -0.4 is 10.6 Å². The van der Waals surface area contributed by atoms with Gasteiger partial charge in [0.05, 0.1) is 0 Å². The van der Waals surface area contributed by atoms with E-state index in [0.29, 0.717) is 42.8 Å². The minimum absolute atomic E-state index is 0.0853. The standard InChI is InChI=1S/C18H29N7O2/c1-18(2,3)16-21-14(27-24-16)7-5-6-13(26)20-17-22-15(23-25(17)4)12-8-10-19-11-9-12/h12,19H,5-11H2,1-4H3,(H,20,22,23,26). The molecule has 1 amide bonds. The lowest BCUT2D eigenvalue weighted by Crippen LogP contribution is -2.27. The van der Waals surface area contributed by atoms with Crippen LogP contribution in [-0.2, 0) is 23.7 Å². The van der Waals surface area contributed by atoms with Crippen LogP contribution in [0.1, 0.15) is 69.9 Å². The van der Waals surface area contributed by atoms with Crippen molar-refractivity contribution in [2.45, 2.75) is 64.2 Å². The van der Waals surface area contributed by atoms with E-state index >= 15 is 0 Å². The van der Waals surface area contributed by atoms with Crippen molar-refractivity contribution in [1.29, 1.82) is 0 Å². The third-order valence-corrected chi connectivity index (χ3v) is 4.67. The molecule has 2 aromatic rings. The normalized spacial score (nSPS) is 15.9. The zero-order valence-corrected chi connectivity index (χ0v) is 16.6. The van der Waals surface area contributed by atoms with Gasteiger partial charge >= 0.3 is 0 Å². The highest BCUT2D eigenvalue weighted by molar-refractivity contribution is 5.88. The lowest BCUT2D eigenvalue weighted by Gasteiger charge is -2.19. The Kier molecular flexibility index (Phi) is 5.88. The van der Waals surface area contributed by atoms with E-state index in [4.69, 9.17) is 4.52 Å². The Hall–Kier alpha value is -2.29. The van der Waals surface area contributed by atoms with E-state index in [1.165, 1.54) is 0 Å². The summed E-state index contributed by atoms with van der Waals surface area (Å²) in [4.78, 5) is 21.1. The molecule has 3 rings (SSSR count). The van der Waals surface area contributed by atoms with Crippen LogP contribution in [0, 0.1) is 0 Å². The number of carbonyl (C=O) groups excluding carboxylic acids is 1. The van der Waals surface area contributed by atoms with Crippen LogP contribution in [0.25, 0.3) is 0 Å². The van der Waals surface area contributed by atoms with Crippen LogP contribution in [0.15, 0.2) is 4.52 Å². The first-order valence-electron chi connectivity index (χ1n) is 9.57. The highest BCUT2D eigenvalue weighted by atomic mass is 16.5. The lowest BCUT2D eigenvalue weighted by atomic mass is 9.96. The Balaban J connectivity index is 1.48. The average molecular weight is 375 g/mol. The van der Waals surface area contributed by atoms with Gasteiger partial charge in [-0.25, -0.2) is 4.68 Å². The number of nitrogens with one attached hydrogen (secondary N) is 2. The van der Waals surface area contributed by atoms with Crippen molar-refractivity contribution in [3.05, 3.63) is 17.5 Å². The summed E-state index contributed by atoms with van der Waals surface area (Å²) in [7, 11) is 1.81. The molecule has 1 saturated heterocycles. The molecule has 148 valence electrons. The number of aryl methyl sites for hydroxylation is 2. The molecule has 1 aliphatic heterocycles. The van der Waals surface area contributed by atoms with Crippen LogP contribution in [0.4, 0.5) is 5.95 Å². The summed E-state index contributed by atoms with van der Waals surface area (Å²) in [6, 6.07) is 0. The van der Waals surface area contributed by atoms with E-state index in [9.17, 15) is 4.79 Å². The third-order valence-electron chi connectivity index (χ3n) is 4.67. The molecule has 0 aliphatic carbocycles. The summed E-state index contributed by atoms with van der Waals surface area (Å²) >= 11 is 0. The summed E-state index contributed by atoms with van der Waals surface area (Å²) in [5, 5.41) is 14.7. The van der Waals surface area contributed by atoms with Gasteiger partial charge in [0.2, 0.25) is 17.7 Å². The highest BCUT2D eigenvalue weighted by Gasteiger charge is 2.22. The van der Waals surface area contributed by atoms with E-state index in [1.807, 2.05) is 20.8 Å². The number of rotatable bonds is 6. The van der Waals surface area contributed by atoms with Crippen molar-refractivity contribution in [2.75, 3.05) is 18.4 Å². The first-order chi connectivity index (χ1) is 12.8. The predicted octanol–water partition coefficient (Wildman–Crippen LogP) is 1.92. The van der Waals surface area contributed by atoms with Gasteiger partial charge in [0, 0.05) is 31.2 Å². The Bertz CT molecular complexity index is 769. The Morgan fingerprint density at radius 2 is 2.04 bits per heavy atom. The van der Waals surface area contributed by atoms with Gasteiger partial charge in [0.1, 0.15) is 0 Å². The molecule has 0 aromatic carbocycles. The number of hydrogen-bond donors (Lipinski definition) is 2. The highest BCUT2D eigenvalue weighted by Crippen LogP contribution is 2.23. The van der Waals surface area contributed by atoms with Crippen LogP contribution in [0.2, 0.25) is 0 Å². The number of hydrogen-bond acceptors (Lipinski definition) is 7. The fourth-order valence-corrected chi connectivity index (χ4v) is 3.01. The van der Waals surface area contributed by atoms with Crippen molar-refractivity contribution < 1.29 is 9.32 Å². The summed E-state index contributed by atoms with van der Waals surface area (Å²) in [6.45, 7) is 8.07. The van der Waals surface area contributed by atoms with Crippen molar-refractivity contribution in [2.24, 2.45) is 7.05 Å². The number of aromatic nitrogens is 5. The molecule has 3 heterocycles. The maximum Gasteiger partial charge on any atom is 0.227 e. The number of anilines is 1. The minimum atomic E-state index is -0.142. The molecule has 0 bridgehead atoms. The Morgan fingerprint density at radius 3 is 2.70 bits per heavy atom. The van der Waals surface area contributed by atoms with Gasteiger partial charge in [-0.05, 0) is 32.4 Å². The van der Waals surface area contributed by atoms with Crippen LogP contribution >= 0.6 is 0 Å². The molecule has 0 radical (unpaired) electrons. The Morgan fingerprint density at radius 1 is 1.30 bits per heavy atom. The second-order valence-electron chi connectivity index (χ2n) is 8.10. The maximum atomic E-state index is 12.2. The fourth-order valence-electron chi connectivity index (χ4n) is 3.01. The minimum Gasteiger partial charge on any atom is -0.339 e. The number of nitrogens with zero attached hydrogens (tertiary/aromatic N) is 5. The number of amides is 1. The van der Waals surface area contributed by atoms with Crippen LogP contribution in [0.3, 0.4) is 0 Å². The first kappa shape index (κ1) is 19.5. The monoisotopic (exact) mass is 375 g/mol. The average Bonchev–Trinajstić information content (AvgIpc) is 3.23. The SMILES string of the molecule is Cn1nc(C2CCNCC2)nc1NC(=O)CCCc1nc(C(C)(C)C)no1. The molecule has 0 spiro atoms. The summed E-state index contributed by atoms with van der Waals surface area (Å²) in [5.74, 6) is 2.85. The summed E-state index contributed by atoms with van der Waals surface area (Å²) in [6.07, 6.45) is 3.63. The number of piperidine rings is 1. The van der Waals surface area contributed by atoms with E-state index in [1.54, 1.807) is 11.7 Å². The smallest absolute Gasteiger partial charge is 0.227 e. The molecular formula is C18H29N7O2. The van der Waals surface area contributed by atoms with Gasteiger partial charge in [0.15, 0.2) is 11.6 Å². The van der Waals surface area contributed by atoms with Crippen molar-refractivity contribution >= 4 is 11.9 Å². The molecule has 0 atom stereocenters. The molecule has 1 aliphatic rings. The predicted molar refractivity (Wildman–Crippen MR) is 100 cm³/mol. The lowest BCUT2D eigenvalue weighted by molar-refractivity contribution is -0.116. The van der Waals surface area contributed by atoms with Crippen molar-refractivity contribution in [1.82, 2.24) is 30.2 Å². The van der Waals surface area contributed by atoms with E-state index in [2.05, 4.69) is 30.9 Å². The zero-order valence-electron chi connectivity index (χ0n) is 16.6. The molecule has 27 heavy (non-hydrogen) atoms. The van der Waals surface area contributed by atoms with Gasteiger partial charge in [-0.15, -0.1) is 0 Å². The zero-order chi connectivity index (χ0) is 19.4. The molecule has 9 nitrogen and oxygen atoms in total. The van der Waals surface area contributed by atoms with Gasteiger partial charge in [-0.1, -0.05) is 25.9 Å². The topological polar surface area (TPSA) is 111 Å². The maximum absolute atomic E-state index is 12.2. The summed E-state index contributed by atoms with van der Waals surface area (Å²) in [5.41, 5.74) is -0.142. The van der Waals surface area contributed by atoms with E-state index < -0.39 is 0 Å². The van der Waals surface area contributed by atoms with Crippen molar-refractivity contribution in [3.8, 4) is 0 Å². The summed E-state index contributed by atoms with van der Waals surface area (Å²) < 4.78 is 6.90. The van der Waals surface area contributed by atoms with Gasteiger partial charge < -0.3 is 9.84 Å². The molecule has 1 fully saturated rings. The quantitative estimate of drug-likeness (QED) is 0.793. The van der Waals surface area contributed by atoms with Gasteiger partial charge in [0.25, 0.3) is 0 Å². The van der Waals surface area contributed by atoms with Crippen LogP contribution in [0.5, 0.6) is 0 Å². The Labute approximate surface area is 159 Å². The fraction of sp³-hybridized carbons (Fsp3) is 0.722. The third kappa shape index (κ3) is 5.12. The van der Waals surface area contributed by atoms with E-state index in [0.717, 1.165) is 31.8 Å².